The van der Waals surface area contributed by atoms with Gasteiger partial charge >= 0.3 is 5.97 Å². The third kappa shape index (κ3) is 2.05. The quantitative estimate of drug-likeness (QED) is 0.632. The fraction of sp³-hybridized carbons (Fsp3) is 0.571. The van der Waals surface area contributed by atoms with Crippen molar-refractivity contribution in [2.75, 3.05) is 13.2 Å². The van der Waals surface area contributed by atoms with Crippen LogP contribution >= 0.6 is 0 Å². The molecule has 1 aliphatic rings. The van der Waals surface area contributed by atoms with Crippen molar-refractivity contribution in [3.63, 3.8) is 0 Å². The molecule has 1 N–H and O–H groups in total. The van der Waals surface area contributed by atoms with E-state index in [1.54, 1.807) is 0 Å². The van der Waals surface area contributed by atoms with Crippen LogP contribution < -0.4 is 0 Å². The summed E-state index contributed by atoms with van der Waals surface area (Å²) >= 11 is 0. The highest BCUT2D eigenvalue weighted by Crippen LogP contribution is 1.98. The summed E-state index contributed by atoms with van der Waals surface area (Å²) < 4.78 is 5.02. The van der Waals surface area contributed by atoms with Crippen molar-refractivity contribution in [3.8, 4) is 0 Å². The number of aliphatic carboxylic acids is 1. The lowest BCUT2D eigenvalue weighted by molar-refractivity contribution is -0.138. The van der Waals surface area contributed by atoms with Crippen molar-refractivity contribution < 1.29 is 14.6 Å². The van der Waals surface area contributed by atoms with Gasteiger partial charge in [-0.2, -0.15) is 0 Å². The molecule has 0 aliphatic carbocycles. The lowest BCUT2D eigenvalue weighted by atomic mass is 10.3. The first-order valence-electron chi connectivity index (χ1n) is 3.67. The average Bonchev–Trinajstić information content (AvgIpc) is 2.06. The molecule has 0 aromatic heterocycles. The fourth-order valence-electron chi connectivity index (χ4n) is 0.791. The molecule has 0 aromatic carbocycles. The van der Waals surface area contributed by atoms with E-state index in [0.717, 1.165) is 0 Å². The molecule has 66 valence electrons. The second-order valence-electron chi connectivity index (χ2n) is 2.24. The molecular formula is C7H10N2O3. The maximum atomic E-state index is 10.4. The third-order valence-corrected chi connectivity index (χ3v) is 1.36. The number of carboxylic acid groups (broad SMARTS) is 1. The number of nitrogens with zero attached hydrogens (tertiary/aromatic N) is 2. The Kier molecular flexibility index (Phi) is 2.79. The predicted molar refractivity (Wildman–Crippen MR) is 43.8 cm³/mol. The van der Waals surface area contributed by atoms with Crippen molar-refractivity contribution in [2.45, 2.75) is 13.0 Å². The van der Waals surface area contributed by atoms with E-state index in [0.29, 0.717) is 12.5 Å². The molecule has 12 heavy (non-hydrogen) atoms. The van der Waals surface area contributed by atoms with Gasteiger partial charge in [-0.15, -0.1) is 0 Å². The standard InChI is InChI=1S/C7H10N2O3/c1-2-12-6-4-8-5(3-9-6)7(10)11/h4-5H,2-3H2,1H3,(H,10,11). The van der Waals surface area contributed by atoms with Gasteiger partial charge in [0.15, 0.2) is 6.04 Å². The Hall–Kier alpha value is -1.39. The van der Waals surface area contributed by atoms with Gasteiger partial charge in [0.2, 0.25) is 5.90 Å². The second kappa shape index (κ2) is 3.85. The normalized spacial score (nSPS) is 21.8. The molecule has 1 atom stereocenters. The highest BCUT2D eigenvalue weighted by atomic mass is 16.5. The van der Waals surface area contributed by atoms with Crippen LogP contribution in [0.2, 0.25) is 0 Å². The zero-order chi connectivity index (χ0) is 8.97. The molecule has 0 amide bonds. The van der Waals surface area contributed by atoms with Crippen LogP contribution in [0.4, 0.5) is 0 Å². The van der Waals surface area contributed by atoms with Gasteiger partial charge in [0, 0.05) is 0 Å². The summed E-state index contributed by atoms with van der Waals surface area (Å²) in [4.78, 5) is 18.0. The van der Waals surface area contributed by atoms with Gasteiger partial charge in [-0.25, -0.2) is 9.79 Å². The average molecular weight is 170 g/mol. The van der Waals surface area contributed by atoms with E-state index >= 15 is 0 Å². The smallest absolute Gasteiger partial charge is 0.330 e. The molecule has 0 bridgehead atoms. The molecule has 1 aliphatic heterocycles. The summed E-state index contributed by atoms with van der Waals surface area (Å²) in [6, 6.07) is -0.741. The zero-order valence-electron chi connectivity index (χ0n) is 6.73. The molecule has 1 heterocycles. The Morgan fingerprint density at radius 3 is 3.08 bits per heavy atom. The van der Waals surface area contributed by atoms with Crippen LogP contribution in [0.1, 0.15) is 6.92 Å². The van der Waals surface area contributed by atoms with Crippen LogP contribution in [0.15, 0.2) is 9.98 Å². The fourth-order valence-corrected chi connectivity index (χ4v) is 0.791. The number of ether oxygens (including phenoxy) is 1. The minimum absolute atomic E-state index is 0.168. The molecule has 0 saturated carbocycles. The largest absolute Gasteiger partial charge is 0.480 e. The third-order valence-electron chi connectivity index (χ3n) is 1.36. The molecule has 0 saturated heterocycles. The lowest BCUT2D eigenvalue weighted by Gasteiger charge is -2.10. The van der Waals surface area contributed by atoms with Crippen molar-refractivity contribution >= 4 is 18.1 Å². The Labute approximate surface area is 69.8 Å². The van der Waals surface area contributed by atoms with Crippen LogP contribution in [-0.4, -0.2) is 42.4 Å². The molecular weight excluding hydrogens is 160 g/mol. The van der Waals surface area contributed by atoms with Gasteiger partial charge in [0.1, 0.15) is 0 Å². The van der Waals surface area contributed by atoms with Crippen molar-refractivity contribution in [1.29, 1.82) is 0 Å². The number of carboxylic acids is 1. The Morgan fingerprint density at radius 2 is 2.67 bits per heavy atom. The van der Waals surface area contributed by atoms with Crippen molar-refractivity contribution in [3.05, 3.63) is 0 Å². The van der Waals surface area contributed by atoms with E-state index in [1.165, 1.54) is 6.21 Å². The number of carbonyl (C=O) groups is 1. The summed E-state index contributed by atoms with van der Waals surface area (Å²) in [5.41, 5.74) is 0. The SMILES string of the molecule is CCOC1=NCC(C(=O)O)N=C1. The van der Waals surface area contributed by atoms with E-state index in [-0.39, 0.29) is 6.54 Å². The van der Waals surface area contributed by atoms with Crippen LogP contribution in [0.3, 0.4) is 0 Å². The van der Waals surface area contributed by atoms with Crippen molar-refractivity contribution in [1.82, 2.24) is 0 Å². The highest BCUT2D eigenvalue weighted by molar-refractivity contribution is 6.27. The highest BCUT2D eigenvalue weighted by Gasteiger charge is 2.18. The first-order valence-corrected chi connectivity index (χ1v) is 3.67. The van der Waals surface area contributed by atoms with Crippen LogP contribution in [-0.2, 0) is 9.53 Å². The number of hydrogen-bond acceptors (Lipinski definition) is 4. The van der Waals surface area contributed by atoms with Crippen molar-refractivity contribution in [2.24, 2.45) is 9.98 Å². The monoisotopic (exact) mass is 170 g/mol. The minimum Gasteiger partial charge on any atom is -0.480 e. The van der Waals surface area contributed by atoms with E-state index in [2.05, 4.69) is 9.98 Å². The van der Waals surface area contributed by atoms with Crippen LogP contribution in [0.25, 0.3) is 0 Å². The molecule has 0 spiro atoms. The van der Waals surface area contributed by atoms with E-state index in [4.69, 9.17) is 9.84 Å². The molecule has 1 rings (SSSR count). The topological polar surface area (TPSA) is 71.2 Å². The van der Waals surface area contributed by atoms with E-state index in [9.17, 15) is 4.79 Å². The Morgan fingerprint density at radius 1 is 1.92 bits per heavy atom. The van der Waals surface area contributed by atoms with Gasteiger partial charge in [-0.1, -0.05) is 0 Å². The summed E-state index contributed by atoms with van der Waals surface area (Å²) in [7, 11) is 0. The lowest BCUT2D eigenvalue weighted by Crippen LogP contribution is -2.27. The molecule has 0 aromatic rings. The van der Waals surface area contributed by atoms with E-state index in [1.807, 2.05) is 6.92 Å². The van der Waals surface area contributed by atoms with Crippen LogP contribution in [0.5, 0.6) is 0 Å². The summed E-state index contributed by atoms with van der Waals surface area (Å²) in [5, 5.41) is 8.53. The zero-order valence-corrected chi connectivity index (χ0v) is 6.73. The Bertz CT molecular complexity index is 235. The number of aliphatic imine (C=N–C) groups is 2. The first kappa shape index (κ1) is 8.70. The molecule has 5 heteroatoms. The second-order valence-corrected chi connectivity index (χ2v) is 2.24. The van der Waals surface area contributed by atoms with E-state index < -0.39 is 12.0 Å². The van der Waals surface area contributed by atoms with Crippen LogP contribution in [0, 0.1) is 0 Å². The summed E-state index contributed by atoms with van der Waals surface area (Å²) in [5.74, 6) is -0.541. The van der Waals surface area contributed by atoms with Gasteiger partial charge in [0.25, 0.3) is 0 Å². The number of rotatable bonds is 2. The first-order chi connectivity index (χ1) is 5.74. The van der Waals surface area contributed by atoms with Gasteiger partial charge in [-0.05, 0) is 6.92 Å². The predicted octanol–water partition coefficient (Wildman–Crippen LogP) is -0.0410. The molecule has 0 fully saturated rings. The Balaban J connectivity index is 2.49. The number of hydrogen-bond donors (Lipinski definition) is 1. The molecule has 0 radical (unpaired) electrons. The minimum atomic E-state index is -0.953. The van der Waals surface area contributed by atoms with Gasteiger partial charge in [0.05, 0.1) is 19.4 Å². The summed E-state index contributed by atoms with van der Waals surface area (Å²) in [6.07, 6.45) is 1.35. The summed E-state index contributed by atoms with van der Waals surface area (Å²) in [6.45, 7) is 2.52. The van der Waals surface area contributed by atoms with Gasteiger partial charge < -0.3 is 9.84 Å². The maximum Gasteiger partial charge on any atom is 0.330 e. The molecule has 1 unspecified atom stereocenters. The van der Waals surface area contributed by atoms with Gasteiger partial charge in [-0.3, -0.25) is 4.99 Å². The maximum absolute atomic E-state index is 10.4. The molecule has 5 nitrogen and oxygen atoms in total.